The van der Waals surface area contributed by atoms with Gasteiger partial charge in [0.2, 0.25) is 0 Å². The van der Waals surface area contributed by atoms with Crippen molar-refractivity contribution in [1.82, 2.24) is 15.0 Å². The average Bonchev–Trinajstić information content (AvgIpc) is 2.92. The lowest BCUT2D eigenvalue weighted by atomic mass is 9.97. The molecule has 0 radical (unpaired) electrons. The monoisotopic (exact) mass is 280 g/mol. The van der Waals surface area contributed by atoms with Crippen molar-refractivity contribution in [2.75, 3.05) is 0 Å². The molecule has 0 fully saturated rings. The zero-order valence-corrected chi connectivity index (χ0v) is 12.4. The van der Waals surface area contributed by atoms with Crippen LogP contribution in [0, 0.1) is 13.8 Å². The second-order valence-corrected chi connectivity index (χ2v) is 5.47. The maximum atomic E-state index is 5.78. The van der Waals surface area contributed by atoms with Crippen molar-refractivity contribution in [3.05, 3.63) is 71.0 Å². The standard InChI is InChI=1S/C17H20N4/c1-12-6-7-14(9-13(12)2)10-16(20-18)15-11-19-21-8-4-3-5-17(15)21/h3-9,11,16,20H,10,18H2,1-2H3. The number of fused-ring (bicyclic) bond motifs is 1. The molecular formula is C17H20N4. The number of benzene rings is 1. The SMILES string of the molecule is Cc1ccc(CC(NN)c2cnn3ccccc23)cc1C. The molecule has 1 aromatic carbocycles. The van der Waals surface area contributed by atoms with Gasteiger partial charge < -0.3 is 0 Å². The highest BCUT2D eigenvalue weighted by atomic mass is 15.3. The van der Waals surface area contributed by atoms with E-state index in [4.69, 9.17) is 5.84 Å². The van der Waals surface area contributed by atoms with Gasteiger partial charge in [0.25, 0.3) is 0 Å². The van der Waals surface area contributed by atoms with Crippen molar-refractivity contribution in [3.8, 4) is 0 Å². The van der Waals surface area contributed by atoms with Crippen LogP contribution in [0.5, 0.6) is 0 Å². The first-order valence-corrected chi connectivity index (χ1v) is 7.13. The van der Waals surface area contributed by atoms with E-state index in [0.29, 0.717) is 0 Å². The third-order valence-electron chi connectivity index (χ3n) is 4.04. The van der Waals surface area contributed by atoms with Crippen LogP contribution in [-0.2, 0) is 6.42 Å². The Bertz CT molecular complexity index is 760. The second kappa shape index (κ2) is 5.68. The van der Waals surface area contributed by atoms with Crippen molar-refractivity contribution in [1.29, 1.82) is 0 Å². The van der Waals surface area contributed by atoms with Gasteiger partial charge in [0.1, 0.15) is 0 Å². The highest BCUT2D eigenvalue weighted by molar-refractivity contribution is 5.55. The first-order chi connectivity index (χ1) is 10.2. The topological polar surface area (TPSA) is 55.3 Å². The molecule has 0 aliphatic carbocycles. The van der Waals surface area contributed by atoms with E-state index in [1.54, 1.807) is 0 Å². The fourth-order valence-corrected chi connectivity index (χ4v) is 2.65. The van der Waals surface area contributed by atoms with Gasteiger partial charge in [0.15, 0.2) is 0 Å². The number of hydrogen-bond donors (Lipinski definition) is 2. The summed E-state index contributed by atoms with van der Waals surface area (Å²) >= 11 is 0. The number of aryl methyl sites for hydroxylation is 2. The predicted octanol–water partition coefficient (Wildman–Crippen LogP) is 2.70. The van der Waals surface area contributed by atoms with Crippen LogP contribution in [0.4, 0.5) is 0 Å². The smallest absolute Gasteiger partial charge is 0.0710 e. The van der Waals surface area contributed by atoms with Crippen LogP contribution in [0.2, 0.25) is 0 Å². The fraction of sp³-hybridized carbons (Fsp3) is 0.235. The molecule has 0 saturated heterocycles. The molecule has 4 nitrogen and oxygen atoms in total. The summed E-state index contributed by atoms with van der Waals surface area (Å²) in [6.07, 6.45) is 4.68. The summed E-state index contributed by atoms with van der Waals surface area (Å²) in [5.41, 5.74) is 9.03. The Hall–Kier alpha value is -2.17. The van der Waals surface area contributed by atoms with Gasteiger partial charge in [-0.15, -0.1) is 0 Å². The molecule has 0 amide bonds. The summed E-state index contributed by atoms with van der Waals surface area (Å²) in [7, 11) is 0. The minimum absolute atomic E-state index is 0.0482. The van der Waals surface area contributed by atoms with Gasteiger partial charge in [0.05, 0.1) is 17.8 Å². The lowest BCUT2D eigenvalue weighted by molar-refractivity contribution is 0.555. The average molecular weight is 280 g/mol. The molecule has 0 saturated carbocycles. The normalized spacial score (nSPS) is 12.7. The van der Waals surface area contributed by atoms with Crippen molar-refractivity contribution >= 4 is 5.52 Å². The number of rotatable bonds is 4. The maximum absolute atomic E-state index is 5.78. The summed E-state index contributed by atoms with van der Waals surface area (Å²) in [5.74, 6) is 5.78. The number of hydrogen-bond acceptors (Lipinski definition) is 3. The van der Waals surface area contributed by atoms with Crippen LogP contribution in [0.1, 0.15) is 28.3 Å². The van der Waals surface area contributed by atoms with Crippen molar-refractivity contribution in [3.63, 3.8) is 0 Å². The van der Waals surface area contributed by atoms with E-state index in [-0.39, 0.29) is 6.04 Å². The summed E-state index contributed by atoms with van der Waals surface area (Å²) in [4.78, 5) is 0. The number of pyridine rings is 1. The number of aromatic nitrogens is 2. The van der Waals surface area contributed by atoms with Gasteiger partial charge in [-0.25, -0.2) is 4.52 Å². The Balaban J connectivity index is 1.93. The quantitative estimate of drug-likeness (QED) is 0.570. The molecule has 21 heavy (non-hydrogen) atoms. The Kier molecular flexibility index (Phi) is 3.73. The minimum atomic E-state index is 0.0482. The molecule has 0 aliphatic heterocycles. The van der Waals surface area contributed by atoms with Gasteiger partial charge in [0, 0.05) is 11.8 Å². The summed E-state index contributed by atoms with van der Waals surface area (Å²) in [6, 6.07) is 12.7. The Morgan fingerprint density at radius 2 is 2.05 bits per heavy atom. The van der Waals surface area contributed by atoms with Crippen LogP contribution in [0.25, 0.3) is 5.52 Å². The zero-order valence-electron chi connectivity index (χ0n) is 12.4. The third kappa shape index (κ3) is 2.68. The van der Waals surface area contributed by atoms with Crippen LogP contribution in [0.3, 0.4) is 0 Å². The molecule has 2 aromatic heterocycles. The van der Waals surface area contributed by atoms with E-state index >= 15 is 0 Å². The molecule has 0 spiro atoms. The second-order valence-electron chi connectivity index (χ2n) is 5.47. The molecule has 2 heterocycles. The maximum Gasteiger partial charge on any atom is 0.0710 e. The van der Waals surface area contributed by atoms with E-state index in [9.17, 15) is 0 Å². The Labute approximate surface area is 124 Å². The molecule has 3 aromatic rings. The van der Waals surface area contributed by atoms with E-state index in [1.807, 2.05) is 29.0 Å². The van der Waals surface area contributed by atoms with Crippen LogP contribution in [0.15, 0.2) is 48.8 Å². The first-order valence-electron chi connectivity index (χ1n) is 7.13. The molecule has 4 heteroatoms. The number of nitrogens with one attached hydrogen (secondary N) is 1. The van der Waals surface area contributed by atoms with E-state index < -0.39 is 0 Å². The summed E-state index contributed by atoms with van der Waals surface area (Å²) in [5, 5.41) is 4.38. The number of nitrogens with two attached hydrogens (primary N) is 1. The van der Waals surface area contributed by atoms with Gasteiger partial charge in [-0.2, -0.15) is 5.10 Å². The molecule has 0 bridgehead atoms. The molecule has 1 unspecified atom stereocenters. The number of hydrazine groups is 1. The lowest BCUT2D eigenvalue weighted by Crippen LogP contribution is -2.29. The van der Waals surface area contributed by atoms with E-state index in [0.717, 1.165) is 17.5 Å². The first kappa shape index (κ1) is 13.8. The molecule has 0 aliphatic rings. The lowest BCUT2D eigenvalue weighted by Gasteiger charge is -2.16. The molecule has 3 rings (SSSR count). The van der Waals surface area contributed by atoms with Crippen molar-refractivity contribution in [2.24, 2.45) is 5.84 Å². The molecule has 1 atom stereocenters. The van der Waals surface area contributed by atoms with Crippen molar-refractivity contribution in [2.45, 2.75) is 26.3 Å². The van der Waals surface area contributed by atoms with Gasteiger partial charge in [-0.3, -0.25) is 11.3 Å². The summed E-state index contributed by atoms with van der Waals surface area (Å²) < 4.78 is 1.88. The molecular weight excluding hydrogens is 260 g/mol. The van der Waals surface area contributed by atoms with Crippen LogP contribution < -0.4 is 11.3 Å². The molecule has 108 valence electrons. The van der Waals surface area contributed by atoms with Gasteiger partial charge in [-0.05, 0) is 49.1 Å². The fourth-order valence-electron chi connectivity index (χ4n) is 2.65. The van der Waals surface area contributed by atoms with Crippen LogP contribution in [-0.4, -0.2) is 9.61 Å². The van der Waals surface area contributed by atoms with Gasteiger partial charge in [-0.1, -0.05) is 24.3 Å². The van der Waals surface area contributed by atoms with Crippen molar-refractivity contribution < 1.29 is 0 Å². The molecule has 3 N–H and O–H groups in total. The number of nitrogens with zero attached hydrogens (tertiary/aromatic N) is 2. The van der Waals surface area contributed by atoms with E-state index in [1.165, 1.54) is 16.7 Å². The Morgan fingerprint density at radius 3 is 2.81 bits per heavy atom. The van der Waals surface area contributed by atoms with Gasteiger partial charge >= 0.3 is 0 Å². The zero-order chi connectivity index (χ0) is 14.8. The highest BCUT2D eigenvalue weighted by Crippen LogP contribution is 2.23. The van der Waals surface area contributed by atoms with E-state index in [2.05, 4.69) is 48.6 Å². The largest absolute Gasteiger partial charge is 0.271 e. The Morgan fingerprint density at radius 1 is 1.19 bits per heavy atom. The third-order valence-corrected chi connectivity index (χ3v) is 4.04. The highest BCUT2D eigenvalue weighted by Gasteiger charge is 2.15. The summed E-state index contributed by atoms with van der Waals surface area (Å²) in [6.45, 7) is 4.27. The predicted molar refractivity (Wildman–Crippen MR) is 84.9 cm³/mol. The minimum Gasteiger partial charge on any atom is -0.271 e. The van der Waals surface area contributed by atoms with Crippen LogP contribution >= 0.6 is 0 Å².